The summed E-state index contributed by atoms with van der Waals surface area (Å²) in [7, 11) is 4.66. The van der Waals surface area contributed by atoms with Crippen LogP contribution in [0.1, 0.15) is 5.56 Å². The molecule has 1 amide bonds. The van der Waals surface area contributed by atoms with Crippen molar-refractivity contribution in [1.82, 2.24) is 5.32 Å². The molecule has 0 aliphatic heterocycles. The van der Waals surface area contributed by atoms with E-state index in [-0.39, 0.29) is 11.2 Å². The first kappa shape index (κ1) is 14.6. The molecule has 0 heterocycles. The normalized spacial score (nSPS) is 9.78. The van der Waals surface area contributed by atoms with Crippen molar-refractivity contribution in [1.29, 1.82) is 0 Å². The number of nitrogens with one attached hydrogen (secondary N) is 1. The minimum absolute atomic E-state index is 0.0799. The van der Waals surface area contributed by atoms with E-state index in [1.54, 1.807) is 33.5 Å². The highest BCUT2D eigenvalue weighted by molar-refractivity contribution is 9.09. The van der Waals surface area contributed by atoms with E-state index in [1.165, 1.54) is 0 Å². The van der Waals surface area contributed by atoms with E-state index < -0.39 is 0 Å². The molecule has 0 aliphatic rings. The van der Waals surface area contributed by atoms with Crippen molar-refractivity contribution >= 4 is 21.8 Å². The number of carbonyl (C=O) groups excluding carboxylic acids is 1. The maximum atomic E-state index is 11.2. The molecule has 0 radical (unpaired) electrons. The first-order valence-electron chi connectivity index (χ1n) is 5.27. The molecule has 0 aliphatic carbocycles. The Morgan fingerprint density at radius 2 is 1.72 bits per heavy atom. The van der Waals surface area contributed by atoms with Crippen LogP contribution in [0.4, 0.5) is 0 Å². The Balaban J connectivity index is 2.96. The van der Waals surface area contributed by atoms with Crippen LogP contribution in [0.2, 0.25) is 0 Å². The SMILES string of the molecule is COc1cc(CNC(=O)CBr)cc(OC)c1OC. The molecule has 6 heteroatoms. The Bertz CT molecular complexity index is 398. The summed E-state index contributed by atoms with van der Waals surface area (Å²) in [6.45, 7) is 0.404. The third-order valence-electron chi connectivity index (χ3n) is 2.34. The average Bonchev–Trinajstić information content (AvgIpc) is 2.43. The van der Waals surface area contributed by atoms with Crippen LogP contribution < -0.4 is 19.5 Å². The summed E-state index contributed by atoms with van der Waals surface area (Å²) < 4.78 is 15.7. The summed E-state index contributed by atoms with van der Waals surface area (Å²) in [4.78, 5) is 11.2. The van der Waals surface area contributed by atoms with Gasteiger partial charge in [0.25, 0.3) is 0 Å². The zero-order valence-corrected chi connectivity index (χ0v) is 12.2. The molecular weight excluding hydrogens is 302 g/mol. The van der Waals surface area contributed by atoms with Crippen molar-refractivity contribution in [3.63, 3.8) is 0 Å². The van der Waals surface area contributed by atoms with E-state index in [2.05, 4.69) is 21.2 Å². The Morgan fingerprint density at radius 1 is 1.17 bits per heavy atom. The minimum Gasteiger partial charge on any atom is -0.493 e. The Morgan fingerprint density at radius 3 is 2.11 bits per heavy atom. The second-order valence-electron chi connectivity index (χ2n) is 3.44. The van der Waals surface area contributed by atoms with E-state index in [9.17, 15) is 4.79 Å². The molecule has 0 bridgehead atoms. The molecule has 0 aromatic heterocycles. The Kier molecular flexibility index (Phi) is 5.77. The summed E-state index contributed by atoms with van der Waals surface area (Å²) in [5, 5.41) is 3.03. The van der Waals surface area contributed by atoms with Gasteiger partial charge in [-0.3, -0.25) is 4.79 Å². The molecule has 1 N–H and O–H groups in total. The molecule has 5 nitrogen and oxygen atoms in total. The molecule has 0 saturated heterocycles. The minimum atomic E-state index is -0.0799. The van der Waals surface area contributed by atoms with Crippen molar-refractivity contribution in [3.05, 3.63) is 17.7 Å². The van der Waals surface area contributed by atoms with Gasteiger partial charge in [0.2, 0.25) is 11.7 Å². The highest BCUT2D eigenvalue weighted by Gasteiger charge is 2.13. The predicted molar refractivity (Wildman–Crippen MR) is 71.7 cm³/mol. The molecule has 0 fully saturated rings. The van der Waals surface area contributed by atoms with E-state index in [0.717, 1.165) is 5.56 Å². The fraction of sp³-hybridized carbons (Fsp3) is 0.417. The summed E-state index contributed by atoms with van der Waals surface area (Å²) in [6, 6.07) is 3.60. The molecule has 1 aromatic carbocycles. The van der Waals surface area contributed by atoms with E-state index >= 15 is 0 Å². The maximum Gasteiger partial charge on any atom is 0.230 e. The molecular formula is C12H16BrNO4. The maximum absolute atomic E-state index is 11.2. The molecule has 0 spiro atoms. The van der Waals surface area contributed by atoms with Gasteiger partial charge in [-0.15, -0.1) is 0 Å². The van der Waals surface area contributed by atoms with E-state index in [4.69, 9.17) is 14.2 Å². The third kappa shape index (κ3) is 3.53. The number of hydrogen-bond donors (Lipinski definition) is 1. The van der Waals surface area contributed by atoms with Crippen LogP contribution in [0.25, 0.3) is 0 Å². The van der Waals surface area contributed by atoms with Crippen LogP contribution in [-0.2, 0) is 11.3 Å². The van der Waals surface area contributed by atoms with Gasteiger partial charge in [0, 0.05) is 6.54 Å². The lowest BCUT2D eigenvalue weighted by Gasteiger charge is -2.14. The number of hydrogen-bond acceptors (Lipinski definition) is 4. The molecule has 0 unspecified atom stereocenters. The van der Waals surface area contributed by atoms with Gasteiger partial charge in [-0.2, -0.15) is 0 Å². The number of rotatable bonds is 6. The van der Waals surface area contributed by atoms with Gasteiger partial charge in [0.1, 0.15) is 0 Å². The van der Waals surface area contributed by atoms with Crippen molar-refractivity contribution in [2.45, 2.75) is 6.54 Å². The van der Waals surface area contributed by atoms with E-state index in [1.807, 2.05) is 0 Å². The second kappa shape index (κ2) is 7.10. The smallest absolute Gasteiger partial charge is 0.230 e. The first-order valence-corrected chi connectivity index (χ1v) is 6.40. The van der Waals surface area contributed by atoms with Crippen LogP contribution in [0.15, 0.2) is 12.1 Å². The van der Waals surface area contributed by atoms with Gasteiger partial charge >= 0.3 is 0 Å². The van der Waals surface area contributed by atoms with Gasteiger partial charge in [0.15, 0.2) is 11.5 Å². The van der Waals surface area contributed by atoms with Gasteiger partial charge in [0.05, 0.1) is 26.7 Å². The number of methoxy groups -OCH3 is 3. The summed E-state index contributed by atoms with van der Waals surface area (Å²) in [5.41, 5.74) is 0.874. The van der Waals surface area contributed by atoms with Gasteiger partial charge in [-0.1, -0.05) is 15.9 Å². The predicted octanol–water partition coefficient (Wildman–Crippen LogP) is 1.72. The zero-order chi connectivity index (χ0) is 13.5. The molecule has 1 rings (SSSR count). The van der Waals surface area contributed by atoms with E-state index in [0.29, 0.717) is 23.8 Å². The van der Waals surface area contributed by atoms with Gasteiger partial charge < -0.3 is 19.5 Å². The molecule has 1 aromatic rings. The standard InChI is InChI=1S/C12H16BrNO4/c1-16-9-4-8(7-14-11(15)6-13)5-10(17-2)12(9)18-3/h4-5H,6-7H2,1-3H3,(H,14,15). The molecule has 100 valence electrons. The third-order valence-corrected chi connectivity index (χ3v) is 2.84. The van der Waals surface area contributed by atoms with Crippen LogP contribution in [0.5, 0.6) is 17.2 Å². The number of benzene rings is 1. The van der Waals surface area contributed by atoms with Crippen LogP contribution >= 0.6 is 15.9 Å². The fourth-order valence-corrected chi connectivity index (χ4v) is 1.68. The number of amides is 1. The lowest BCUT2D eigenvalue weighted by atomic mass is 10.2. The van der Waals surface area contributed by atoms with Crippen LogP contribution in [0, 0.1) is 0 Å². The number of carbonyl (C=O) groups is 1. The second-order valence-corrected chi connectivity index (χ2v) is 4.00. The van der Waals surface area contributed by atoms with Crippen LogP contribution in [-0.4, -0.2) is 32.6 Å². The lowest BCUT2D eigenvalue weighted by Crippen LogP contribution is -2.23. The Hall–Kier alpha value is -1.43. The van der Waals surface area contributed by atoms with Gasteiger partial charge in [-0.05, 0) is 17.7 Å². The topological polar surface area (TPSA) is 56.8 Å². The average molecular weight is 318 g/mol. The number of ether oxygens (including phenoxy) is 3. The molecule has 0 saturated carbocycles. The number of halogens is 1. The Labute approximate surface area is 115 Å². The van der Waals surface area contributed by atoms with Crippen molar-refractivity contribution in [3.8, 4) is 17.2 Å². The quantitative estimate of drug-likeness (QED) is 0.812. The highest BCUT2D eigenvalue weighted by atomic mass is 79.9. The zero-order valence-electron chi connectivity index (χ0n) is 10.6. The lowest BCUT2D eigenvalue weighted by molar-refractivity contribution is -0.118. The van der Waals surface area contributed by atoms with Crippen molar-refractivity contribution in [2.24, 2.45) is 0 Å². The monoisotopic (exact) mass is 317 g/mol. The fourth-order valence-electron chi connectivity index (χ4n) is 1.49. The summed E-state index contributed by atoms with van der Waals surface area (Å²) >= 11 is 3.09. The number of alkyl halides is 1. The largest absolute Gasteiger partial charge is 0.493 e. The first-order chi connectivity index (χ1) is 8.65. The summed E-state index contributed by atoms with van der Waals surface area (Å²) in [5.74, 6) is 1.60. The van der Waals surface area contributed by atoms with Crippen molar-refractivity contribution in [2.75, 3.05) is 26.7 Å². The summed E-state index contributed by atoms with van der Waals surface area (Å²) in [6.07, 6.45) is 0. The highest BCUT2D eigenvalue weighted by Crippen LogP contribution is 2.38. The molecule has 0 atom stereocenters. The van der Waals surface area contributed by atoms with Gasteiger partial charge in [-0.25, -0.2) is 0 Å². The van der Waals surface area contributed by atoms with Crippen LogP contribution in [0.3, 0.4) is 0 Å². The molecule has 18 heavy (non-hydrogen) atoms. The van der Waals surface area contributed by atoms with Crippen molar-refractivity contribution < 1.29 is 19.0 Å².